The van der Waals surface area contributed by atoms with Crippen molar-refractivity contribution in [2.75, 3.05) is 31.3 Å². The van der Waals surface area contributed by atoms with Crippen molar-refractivity contribution in [3.8, 4) is 0 Å². The largest absolute Gasteiger partial charge is 0.380 e. The Labute approximate surface area is 84.9 Å². The molecule has 0 aromatic carbocycles. The number of hydrogen-bond acceptors (Lipinski definition) is 4. The molecule has 2 atom stereocenters. The molecule has 14 heavy (non-hydrogen) atoms. The summed E-state index contributed by atoms with van der Waals surface area (Å²) in [5.74, 6) is 1.06. The predicted octanol–water partition coefficient (Wildman–Crippen LogP) is -0.200. The van der Waals surface area contributed by atoms with Gasteiger partial charge in [0.05, 0.1) is 18.1 Å². The zero-order valence-corrected chi connectivity index (χ0v) is 9.05. The molecule has 2 saturated heterocycles. The van der Waals surface area contributed by atoms with Crippen LogP contribution in [0.1, 0.15) is 12.8 Å². The lowest BCUT2D eigenvalue weighted by molar-refractivity contribution is 0.189. The molecule has 5 heteroatoms. The van der Waals surface area contributed by atoms with Gasteiger partial charge >= 0.3 is 0 Å². The molecule has 0 radical (unpaired) electrons. The summed E-state index contributed by atoms with van der Waals surface area (Å²) in [7, 11) is -2.71. The van der Waals surface area contributed by atoms with Crippen LogP contribution in [0.4, 0.5) is 0 Å². The van der Waals surface area contributed by atoms with Gasteiger partial charge < -0.3 is 10.1 Å². The smallest absolute Gasteiger partial charge is 0.150 e. The molecule has 0 amide bonds. The van der Waals surface area contributed by atoms with Crippen molar-refractivity contribution < 1.29 is 13.2 Å². The van der Waals surface area contributed by atoms with Crippen LogP contribution in [0, 0.1) is 5.92 Å². The molecule has 0 aliphatic carbocycles. The molecular formula is C9H17NO3S. The quantitative estimate of drug-likeness (QED) is 0.714. The SMILES string of the molecule is O=S1(=O)CCC(CNC2CCOC2)C1. The highest BCUT2D eigenvalue weighted by atomic mass is 32.2. The molecule has 1 N–H and O–H groups in total. The van der Waals surface area contributed by atoms with Crippen molar-refractivity contribution in [3.63, 3.8) is 0 Å². The third-order valence-corrected chi connectivity index (χ3v) is 4.79. The first-order valence-electron chi connectivity index (χ1n) is 5.17. The number of nitrogens with one attached hydrogen (secondary N) is 1. The van der Waals surface area contributed by atoms with Gasteiger partial charge in [-0.15, -0.1) is 0 Å². The second-order valence-corrected chi connectivity index (χ2v) is 6.47. The van der Waals surface area contributed by atoms with Gasteiger partial charge in [-0.25, -0.2) is 8.42 Å². The van der Waals surface area contributed by atoms with Crippen molar-refractivity contribution in [2.24, 2.45) is 5.92 Å². The van der Waals surface area contributed by atoms with E-state index in [0.717, 1.165) is 32.6 Å². The van der Waals surface area contributed by atoms with Crippen molar-refractivity contribution in [2.45, 2.75) is 18.9 Å². The fourth-order valence-electron chi connectivity index (χ4n) is 2.06. The second kappa shape index (κ2) is 4.16. The van der Waals surface area contributed by atoms with Crippen molar-refractivity contribution >= 4 is 9.84 Å². The number of hydrogen-bond donors (Lipinski definition) is 1. The van der Waals surface area contributed by atoms with E-state index >= 15 is 0 Å². The van der Waals surface area contributed by atoms with Crippen molar-refractivity contribution in [1.82, 2.24) is 5.32 Å². The standard InChI is InChI=1S/C9H17NO3S/c11-14(12)4-2-8(7-14)5-10-9-1-3-13-6-9/h8-10H,1-7H2. The predicted molar refractivity (Wildman–Crippen MR) is 54.0 cm³/mol. The van der Waals surface area contributed by atoms with Crippen LogP contribution < -0.4 is 5.32 Å². The highest BCUT2D eigenvalue weighted by molar-refractivity contribution is 7.91. The van der Waals surface area contributed by atoms with Gasteiger partial charge in [-0.2, -0.15) is 0 Å². The summed E-state index contributed by atoms with van der Waals surface area (Å²) in [5.41, 5.74) is 0. The summed E-state index contributed by atoms with van der Waals surface area (Å²) < 4.78 is 27.6. The van der Waals surface area contributed by atoms with Crippen LogP contribution in [-0.4, -0.2) is 45.7 Å². The summed E-state index contributed by atoms with van der Waals surface area (Å²) in [5, 5.41) is 3.37. The van der Waals surface area contributed by atoms with E-state index in [1.165, 1.54) is 0 Å². The zero-order chi connectivity index (χ0) is 10.0. The third kappa shape index (κ3) is 2.68. The summed E-state index contributed by atoms with van der Waals surface area (Å²) in [6.45, 7) is 2.44. The molecule has 0 saturated carbocycles. The molecule has 0 spiro atoms. The molecule has 82 valence electrons. The maximum absolute atomic E-state index is 11.2. The van der Waals surface area contributed by atoms with Crippen LogP contribution in [0.3, 0.4) is 0 Å². The molecule has 2 unspecified atom stereocenters. The van der Waals surface area contributed by atoms with E-state index in [1.54, 1.807) is 0 Å². The molecule has 0 aromatic heterocycles. The Bertz CT molecular complexity index is 282. The molecule has 2 aliphatic rings. The Morgan fingerprint density at radius 3 is 2.79 bits per heavy atom. The lowest BCUT2D eigenvalue weighted by Gasteiger charge is -2.13. The first-order chi connectivity index (χ1) is 6.66. The fraction of sp³-hybridized carbons (Fsp3) is 1.00. The van der Waals surface area contributed by atoms with Gasteiger partial charge in [0, 0.05) is 12.6 Å². The molecule has 2 heterocycles. The van der Waals surface area contributed by atoms with E-state index < -0.39 is 9.84 Å². The van der Waals surface area contributed by atoms with Crippen molar-refractivity contribution in [1.29, 1.82) is 0 Å². The highest BCUT2D eigenvalue weighted by Gasteiger charge is 2.28. The lowest BCUT2D eigenvalue weighted by atomic mass is 10.1. The van der Waals surface area contributed by atoms with Crippen LogP contribution >= 0.6 is 0 Å². The summed E-state index contributed by atoms with van der Waals surface area (Å²) in [6.07, 6.45) is 1.88. The minimum Gasteiger partial charge on any atom is -0.380 e. The molecule has 4 nitrogen and oxygen atoms in total. The van der Waals surface area contributed by atoms with E-state index in [2.05, 4.69) is 5.32 Å². The maximum Gasteiger partial charge on any atom is 0.150 e. The van der Waals surface area contributed by atoms with Gasteiger partial charge in [0.1, 0.15) is 0 Å². The van der Waals surface area contributed by atoms with Crippen molar-refractivity contribution in [3.05, 3.63) is 0 Å². The van der Waals surface area contributed by atoms with E-state index in [4.69, 9.17) is 4.74 Å². The Morgan fingerprint density at radius 1 is 1.36 bits per heavy atom. The Morgan fingerprint density at radius 2 is 2.21 bits per heavy atom. The van der Waals surface area contributed by atoms with Crippen LogP contribution in [-0.2, 0) is 14.6 Å². The van der Waals surface area contributed by atoms with Gasteiger partial charge in [0.15, 0.2) is 9.84 Å². The van der Waals surface area contributed by atoms with Crippen LogP contribution in [0.25, 0.3) is 0 Å². The Balaban J connectivity index is 1.71. The molecule has 2 aliphatic heterocycles. The summed E-state index contributed by atoms with van der Waals surface area (Å²) >= 11 is 0. The number of rotatable bonds is 3. The number of ether oxygens (including phenoxy) is 1. The van der Waals surface area contributed by atoms with E-state index in [0.29, 0.717) is 23.5 Å². The Hall–Kier alpha value is -0.130. The fourth-order valence-corrected chi connectivity index (χ4v) is 3.92. The van der Waals surface area contributed by atoms with E-state index in [9.17, 15) is 8.42 Å². The number of sulfone groups is 1. The lowest BCUT2D eigenvalue weighted by Crippen LogP contribution is -2.34. The molecule has 0 bridgehead atoms. The van der Waals surface area contributed by atoms with Gasteiger partial charge in [-0.3, -0.25) is 0 Å². The molecule has 2 rings (SSSR count). The Kier molecular flexibility index (Phi) is 3.09. The van der Waals surface area contributed by atoms with Gasteiger partial charge in [0.2, 0.25) is 0 Å². The van der Waals surface area contributed by atoms with E-state index in [-0.39, 0.29) is 0 Å². The van der Waals surface area contributed by atoms with Gasteiger partial charge in [-0.05, 0) is 25.3 Å². The monoisotopic (exact) mass is 219 g/mol. The third-order valence-electron chi connectivity index (χ3n) is 2.95. The normalized spacial score (nSPS) is 36.3. The summed E-state index contributed by atoms with van der Waals surface area (Å²) in [4.78, 5) is 0. The average Bonchev–Trinajstić information content (AvgIpc) is 2.70. The summed E-state index contributed by atoms with van der Waals surface area (Å²) in [6, 6.07) is 0.443. The van der Waals surface area contributed by atoms with E-state index in [1.807, 2.05) is 0 Å². The highest BCUT2D eigenvalue weighted by Crippen LogP contribution is 2.17. The van der Waals surface area contributed by atoms with Gasteiger partial charge in [-0.1, -0.05) is 0 Å². The van der Waals surface area contributed by atoms with Crippen LogP contribution in [0.5, 0.6) is 0 Å². The average molecular weight is 219 g/mol. The van der Waals surface area contributed by atoms with Crippen LogP contribution in [0.2, 0.25) is 0 Å². The topological polar surface area (TPSA) is 55.4 Å². The molecular weight excluding hydrogens is 202 g/mol. The van der Waals surface area contributed by atoms with Gasteiger partial charge in [0.25, 0.3) is 0 Å². The minimum atomic E-state index is -2.71. The first-order valence-corrected chi connectivity index (χ1v) is 6.99. The first kappa shape index (κ1) is 10.4. The second-order valence-electron chi connectivity index (χ2n) is 4.24. The molecule has 0 aromatic rings. The maximum atomic E-state index is 11.2. The van der Waals surface area contributed by atoms with Crippen LogP contribution in [0.15, 0.2) is 0 Å². The molecule has 2 fully saturated rings. The minimum absolute atomic E-state index is 0.320. The zero-order valence-electron chi connectivity index (χ0n) is 8.24.